The minimum atomic E-state index is -0.846. The van der Waals surface area contributed by atoms with Crippen LogP contribution in [0.1, 0.15) is 34.1 Å². The fourth-order valence-corrected chi connectivity index (χ4v) is 3.74. The second-order valence-electron chi connectivity index (χ2n) is 7.21. The van der Waals surface area contributed by atoms with E-state index in [9.17, 15) is 0 Å². The van der Waals surface area contributed by atoms with Crippen LogP contribution in [0.2, 0.25) is 0 Å². The third kappa shape index (κ3) is 3.01. The largest absolute Gasteiger partial charge is 0.372 e. The van der Waals surface area contributed by atoms with Crippen molar-refractivity contribution in [1.29, 1.82) is 0 Å². The molecule has 0 amide bonds. The van der Waals surface area contributed by atoms with Crippen LogP contribution in [0.25, 0.3) is 10.4 Å². The standard InChI is InChI=1S/C15H25N3O6/c1-13(2)20-8-9(22-13)10-15(19-5,6-7-17-18-16)11-12(21-10)24-14(3,4)23-11/h9-12H,6-8H2,1-5H3/t9-,10-,11+,12-,15-/m1/s1. The fraction of sp³-hybridized carbons (Fsp3) is 1.00. The van der Waals surface area contributed by atoms with E-state index in [0.717, 1.165) is 0 Å². The lowest BCUT2D eigenvalue weighted by Crippen LogP contribution is -2.55. The van der Waals surface area contributed by atoms with Crippen LogP contribution in [-0.4, -0.2) is 62.0 Å². The highest BCUT2D eigenvalue weighted by atomic mass is 16.9. The highest BCUT2D eigenvalue weighted by Crippen LogP contribution is 2.49. The molecule has 3 saturated heterocycles. The van der Waals surface area contributed by atoms with E-state index in [1.165, 1.54) is 0 Å². The van der Waals surface area contributed by atoms with Crippen molar-refractivity contribution in [1.82, 2.24) is 0 Å². The Labute approximate surface area is 141 Å². The van der Waals surface area contributed by atoms with E-state index in [2.05, 4.69) is 10.0 Å². The minimum absolute atomic E-state index is 0.258. The molecule has 0 radical (unpaired) electrons. The van der Waals surface area contributed by atoms with Gasteiger partial charge in [-0.05, 0) is 39.6 Å². The first-order valence-electron chi connectivity index (χ1n) is 8.12. The maximum Gasteiger partial charge on any atom is 0.190 e. The SMILES string of the molecule is CO[C@]1(CCN=[N+]=[N-])[C@@H]([C@H]2COC(C)(C)O2)O[C@@H]2OC(C)(C)O[C@@H]21. The van der Waals surface area contributed by atoms with E-state index in [0.29, 0.717) is 13.0 Å². The lowest BCUT2D eigenvalue weighted by molar-refractivity contribution is -0.252. The van der Waals surface area contributed by atoms with E-state index < -0.39 is 35.7 Å². The lowest BCUT2D eigenvalue weighted by Gasteiger charge is -2.38. The van der Waals surface area contributed by atoms with Gasteiger partial charge < -0.3 is 28.4 Å². The third-order valence-corrected chi connectivity index (χ3v) is 4.72. The van der Waals surface area contributed by atoms with Gasteiger partial charge in [-0.1, -0.05) is 5.11 Å². The first-order valence-corrected chi connectivity index (χ1v) is 8.12. The smallest absolute Gasteiger partial charge is 0.190 e. The van der Waals surface area contributed by atoms with Gasteiger partial charge in [-0.15, -0.1) is 0 Å². The van der Waals surface area contributed by atoms with Gasteiger partial charge in [0.05, 0.1) is 6.61 Å². The molecular formula is C15H25N3O6. The zero-order valence-electron chi connectivity index (χ0n) is 14.7. The molecule has 5 atom stereocenters. The van der Waals surface area contributed by atoms with Crippen molar-refractivity contribution in [3.63, 3.8) is 0 Å². The average Bonchev–Trinajstić information content (AvgIpc) is 3.09. The van der Waals surface area contributed by atoms with Crippen LogP contribution in [-0.2, 0) is 28.4 Å². The molecule has 0 N–H and O–H groups in total. The van der Waals surface area contributed by atoms with E-state index in [4.69, 9.17) is 34.0 Å². The van der Waals surface area contributed by atoms with Crippen molar-refractivity contribution in [3.8, 4) is 0 Å². The van der Waals surface area contributed by atoms with Gasteiger partial charge in [0.1, 0.15) is 23.9 Å². The van der Waals surface area contributed by atoms with Crippen molar-refractivity contribution >= 4 is 0 Å². The fourth-order valence-electron chi connectivity index (χ4n) is 3.74. The normalized spacial score (nSPS) is 42.7. The molecule has 24 heavy (non-hydrogen) atoms. The minimum Gasteiger partial charge on any atom is -0.372 e. The second kappa shape index (κ2) is 6.10. The number of azide groups is 1. The molecule has 0 aromatic rings. The van der Waals surface area contributed by atoms with Crippen LogP contribution in [0.5, 0.6) is 0 Å². The Morgan fingerprint density at radius 3 is 2.46 bits per heavy atom. The Morgan fingerprint density at radius 1 is 1.12 bits per heavy atom. The van der Waals surface area contributed by atoms with E-state index in [1.807, 2.05) is 27.7 Å². The number of rotatable bonds is 5. The van der Waals surface area contributed by atoms with E-state index >= 15 is 0 Å². The molecule has 9 heteroatoms. The summed E-state index contributed by atoms with van der Waals surface area (Å²) in [6.45, 7) is 8.01. The molecule has 0 unspecified atom stereocenters. The van der Waals surface area contributed by atoms with Crippen LogP contribution >= 0.6 is 0 Å². The van der Waals surface area contributed by atoms with Gasteiger partial charge in [0.25, 0.3) is 0 Å². The molecule has 9 nitrogen and oxygen atoms in total. The molecule has 136 valence electrons. The topological polar surface area (TPSA) is 104 Å². The van der Waals surface area contributed by atoms with Crippen molar-refractivity contribution in [2.75, 3.05) is 20.3 Å². The zero-order valence-corrected chi connectivity index (χ0v) is 14.7. The number of methoxy groups -OCH3 is 1. The molecule has 3 fully saturated rings. The quantitative estimate of drug-likeness (QED) is 0.430. The van der Waals surface area contributed by atoms with Gasteiger partial charge in [-0.3, -0.25) is 0 Å². The molecule has 3 aliphatic heterocycles. The monoisotopic (exact) mass is 343 g/mol. The Kier molecular flexibility index (Phi) is 4.55. The van der Waals surface area contributed by atoms with Gasteiger partial charge in [0, 0.05) is 18.6 Å². The number of ether oxygens (including phenoxy) is 6. The first-order chi connectivity index (χ1) is 11.2. The number of nitrogens with zero attached hydrogens (tertiary/aromatic N) is 3. The molecule has 3 aliphatic rings. The van der Waals surface area contributed by atoms with Crippen molar-refractivity contribution in [2.45, 2.75) is 75.9 Å². The summed E-state index contributed by atoms with van der Waals surface area (Å²) in [6, 6.07) is 0. The van der Waals surface area contributed by atoms with Crippen LogP contribution in [0.4, 0.5) is 0 Å². The van der Waals surface area contributed by atoms with Gasteiger partial charge >= 0.3 is 0 Å². The Bertz CT molecular complexity index is 535. The third-order valence-electron chi connectivity index (χ3n) is 4.72. The van der Waals surface area contributed by atoms with Crippen LogP contribution in [0.3, 0.4) is 0 Å². The predicted octanol–water partition coefficient (Wildman–Crippen LogP) is 2.10. The summed E-state index contributed by atoms with van der Waals surface area (Å²) in [5.41, 5.74) is 7.75. The maximum absolute atomic E-state index is 8.60. The number of fused-ring (bicyclic) bond motifs is 1. The average molecular weight is 343 g/mol. The summed E-state index contributed by atoms with van der Waals surface area (Å²) in [6.07, 6.45) is -1.36. The summed E-state index contributed by atoms with van der Waals surface area (Å²) in [7, 11) is 1.60. The molecular weight excluding hydrogens is 318 g/mol. The molecule has 3 rings (SSSR count). The van der Waals surface area contributed by atoms with E-state index in [-0.39, 0.29) is 12.6 Å². The van der Waals surface area contributed by atoms with Crippen molar-refractivity contribution in [3.05, 3.63) is 10.4 Å². The summed E-state index contributed by atoms with van der Waals surface area (Å²) in [5.74, 6) is -1.45. The summed E-state index contributed by atoms with van der Waals surface area (Å²) >= 11 is 0. The Morgan fingerprint density at radius 2 is 1.88 bits per heavy atom. The lowest BCUT2D eigenvalue weighted by atomic mass is 9.85. The van der Waals surface area contributed by atoms with Crippen LogP contribution in [0, 0.1) is 0 Å². The molecule has 0 bridgehead atoms. The number of hydrogen-bond acceptors (Lipinski definition) is 7. The first kappa shape index (κ1) is 17.9. The maximum atomic E-state index is 8.60. The highest BCUT2D eigenvalue weighted by molar-refractivity contribution is 5.09. The van der Waals surface area contributed by atoms with Gasteiger partial charge in [0.15, 0.2) is 17.9 Å². The highest BCUT2D eigenvalue weighted by Gasteiger charge is 2.66. The number of hydrogen-bond donors (Lipinski definition) is 0. The Hall–Kier alpha value is -0.930. The molecule has 0 aliphatic carbocycles. The molecule has 0 aromatic heterocycles. The summed E-state index contributed by atoms with van der Waals surface area (Å²) < 4.78 is 35.6. The van der Waals surface area contributed by atoms with Crippen LogP contribution in [0.15, 0.2) is 5.11 Å². The van der Waals surface area contributed by atoms with Crippen LogP contribution < -0.4 is 0 Å². The van der Waals surface area contributed by atoms with Crippen molar-refractivity contribution in [2.24, 2.45) is 5.11 Å². The zero-order chi connectivity index (χ0) is 17.6. The van der Waals surface area contributed by atoms with Gasteiger partial charge in [-0.25, -0.2) is 0 Å². The van der Waals surface area contributed by atoms with Crippen molar-refractivity contribution < 1.29 is 28.4 Å². The summed E-state index contributed by atoms with van der Waals surface area (Å²) in [4.78, 5) is 2.82. The summed E-state index contributed by atoms with van der Waals surface area (Å²) in [5, 5.41) is 3.65. The molecule has 3 heterocycles. The predicted molar refractivity (Wildman–Crippen MR) is 82.0 cm³/mol. The molecule has 0 aromatic carbocycles. The van der Waals surface area contributed by atoms with Gasteiger partial charge in [0.2, 0.25) is 0 Å². The molecule has 0 spiro atoms. The van der Waals surface area contributed by atoms with Gasteiger partial charge in [-0.2, -0.15) is 0 Å². The van der Waals surface area contributed by atoms with E-state index in [1.54, 1.807) is 7.11 Å². The second-order valence-corrected chi connectivity index (χ2v) is 7.21. The molecule has 0 saturated carbocycles. The Balaban J connectivity index is 1.88.